The molecule has 0 spiro atoms. The fraction of sp³-hybridized carbons (Fsp3) is 0.0444. The predicted octanol–water partition coefficient (Wildman–Crippen LogP) is 11.4. The number of fused-ring (bicyclic) bond motifs is 6. The molecular weight excluding hydrogens is 633 g/mol. The predicted molar refractivity (Wildman–Crippen MR) is 205 cm³/mol. The smallest absolute Gasteiger partial charge is 0.188 e. The molecule has 1 aromatic heterocycles. The van der Waals surface area contributed by atoms with E-state index in [1.54, 1.807) is 0 Å². The van der Waals surface area contributed by atoms with Crippen LogP contribution < -0.4 is 0 Å². The third kappa shape index (κ3) is 5.18. The average molecular weight is 663 g/mol. The summed E-state index contributed by atoms with van der Waals surface area (Å²) >= 11 is 0. The van der Waals surface area contributed by atoms with E-state index < -0.39 is 9.84 Å². The summed E-state index contributed by atoms with van der Waals surface area (Å²) in [6, 6.07) is 53.8. The number of hydrogen-bond acceptors (Lipinski definition) is 2. The Balaban J connectivity index is 1.22. The van der Waals surface area contributed by atoms with Gasteiger partial charge >= 0.3 is 0 Å². The van der Waals surface area contributed by atoms with E-state index >= 15 is 0 Å². The normalized spacial score (nSPS) is 13.3. The van der Waals surface area contributed by atoms with Gasteiger partial charge in [0.25, 0.3) is 0 Å². The lowest BCUT2D eigenvalue weighted by atomic mass is 9.90. The Kier molecular flexibility index (Phi) is 7.01. The Morgan fingerprint density at radius 2 is 1.10 bits per heavy atom. The molecule has 9 rings (SSSR count). The van der Waals surface area contributed by atoms with Gasteiger partial charge in [-0.15, -0.1) is 0 Å². The number of hydrogen-bond donors (Lipinski definition) is 0. The maximum absolute atomic E-state index is 13.6. The van der Waals surface area contributed by atoms with Crippen LogP contribution in [0.15, 0.2) is 158 Å². The van der Waals surface area contributed by atoms with Gasteiger partial charge in [-0.05, 0) is 116 Å². The topological polar surface area (TPSA) is 43.4 Å². The monoisotopic (exact) mass is 662 g/mol. The highest BCUT2D eigenvalue weighted by Crippen LogP contribution is 2.41. The van der Waals surface area contributed by atoms with Crippen LogP contribution in [0, 0.1) is 6.57 Å². The maximum atomic E-state index is 13.6. The second-order valence-corrected chi connectivity index (χ2v) is 15.0. The van der Waals surface area contributed by atoms with Crippen molar-refractivity contribution in [2.45, 2.75) is 11.5 Å². The summed E-state index contributed by atoms with van der Waals surface area (Å²) < 4.78 is 29.4. The van der Waals surface area contributed by atoms with Gasteiger partial charge in [0.2, 0.25) is 0 Å². The van der Waals surface area contributed by atoms with E-state index in [-0.39, 0.29) is 11.5 Å². The molecule has 2 heterocycles. The molecule has 1 aliphatic heterocycles. The number of rotatable bonds is 4. The minimum absolute atomic E-state index is 0.0180. The lowest BCUT2D eigenvalue weighted by Gasteiger charge is -2.15. The Labute approximate surface area is 291 Å². The maximum Gasteiger partial charge on any atom is 0.188 e. The van der Waals surface area contributed by atoms with Crippen LogP contribution in [0.2, 0.25) is 0 Å². The SMILES string of the molecule is [C-]#[N+]c1ccc2c(c1)c1ccccc1n2-c1ccc2c(c1)-c1ccc(-c3cc(-c4ccccc4)cc(-c4ccccc4)c3)cc1CS(=O)(=O)C2. The summed E-state index contributed by atoms with van der Waals surface area (Å²) in [5.74, 6) is -0.0469. The zero-order valence-corrected chi connectivity index (χ0v) is 27.9. The molecule has 50 heavy (non-hydrogen) atoms. The second kappa shape index (κ2) is 11.7. The van der Waals surface area contributed by atoms with Crippen molar-refractivity contribution in [3.8, 4) is 50.2 Å². The first-order valence-electron chi connectivity index (χ1n) is 16.6. The van der Waals surface area contributed by atoms with Crippen molar-refractivity contribution in [1.29, 1.82) is 0 Å². The fourth-order valence-electron chi connectivity index (χ4n) is 7.46. The van der Waals surface area contributed by atoms with E-state index in [0.29, 0.717) is 5.69 Å². The number of nitrogens with zero attached hydrogens (tertiary/aromatic N) is 2. The lowest BCUT2D eigenvalue weighted by molar-refractivity contribution is 0.595. The van der Waals surface area contributed by atoms with Gasteiger partial charge in [-0.25, -0.2) is 13.3 Å². The summed E-state index contributed by atoms with van der Waals surface area (Å²) in [6.45, 7) is 7.56. The first-order valence-corrected chi connectivity index (χ1v) is 18.4. The van der Waals surface area contributed by atoms with Crippen LogP contribution in [0.3, 0.4) is 0 Å². The zero-order chi connectivity index (χ0) is 33.8. The van der Waals surface area contributed by atoms with Gasteiger partial charge in [0.1, 0.15) is 0 Å². The van der Waals surface area contributed by atoms with E-state index in [2.05, 4.69) is 88.3 Å². The van der Waals surface area contributed by atoms with Gasteiger partial charge in [0.05, 0.1) is 29.1 Å². The summed E-state index contributed by atoms with van der Waals surface area (Å²) in [7, 11) is -3.43. The van der Waals surface area contributed by atoms with Crippen LogP contribution in [-0.2, 0) is 21.3 Å². The number of aromatic nitrogens is 1. The third-order valence-corrected chi connectivity index (χ3v) is 11.3. The van der Waals surface area contributed by atoms with Crippen molar-refractivity contribution in [3.05, 3.63) is 180 Å². The molecule has 0 aliphatic carbocycles. The van der Waals surface area contributed by atoms with Crippen LogP contribution in [0.1, 0.15) is 11.1 Å². The first kappa shape index (κ1) is 29.9. The van der Waals surface area contributed by atoms with Crippen LogP contribution in [0.4, 0.5) is 5.69 Å². The molecule has 0 radical (unpaired) electrons. The van der Waals surface area contributed by atoms with Gasteiger partial charge in [-0.2, -0.15) is 0 Å². The summed E-state index contributed by atoms with van der Waals surface area (Å²) in [5.41, 5.74) is 13.5. The third-order valence-electron chi connectivity index (χ3n) is 9.76. The molecule has 7 aromatic carbocycles. The highest BCUT2D eigenvalue weighted by Gasteiger charge is 2.25. The molecule has 0 amide bonds. The highest BCUT2D eigenvalue weighted by atomic mass is 32.2. The van der Waals surface area contributed by atoms with E-state index in [9.17, 15) is 8.42 Å². The quantitative estimate of drug-likeness (QED) is 0.176. The molecule has 1 aliphatic rings. The van der Waals surface area contributed by atoms with Crippen molar-refractivity contribution in [2.24, 2.45) is 0 Å². The number of sulfone groups is 1. The minimum Gasteiger partial charge on any atom is -0.309 e. The van der Waals surface area contributed by atoms with Gasteiger partial charge in [-0.3, -0.25) is 0 Å². The van der Waals surface area contributed by atoms with Crippen LogP contribution >= 0.6 is 0 Å². The summed E-state index contributed by atoms with van der Waals surface area (Å²) in [5, 5.41) is 2.09. The molecule has 0 N–H and O–H groups in total. The van der Waals surface area contributed by atoms with Crippen molar-refractivity contribution >= 4 is 37.3 Å². The van der Waals surface area contributed by atoms with Crippen molar-refractivity contribution < 1.29 is 8.42 Å². The molecular formula is C45H30N2O2S. The number of para-hydroxylation sites is 1. The molecule has 5 heteroatoms. The van der Waals surface area contributed by atoms with E-state index in [1.165, 1.54) is 0 Å². The van der Waals surface area contributed by atoms with Crippen LogP contribution in [-0.4, -0.2) is 13.0 Å². The van der Waals surface area contributed by atoms with Gasteiger partial charge in [-0.1, -0.05) is 103 Å². The zero-order valence-electron chi connectivity index (χ0n) is 27.0. The molecule has 0 saturated heterocycles. The standard InChI is InChI=1S/C45H30N2O2S/c1-46-38-18-21-45-43(26-38)41-14-8-9-15-44(41)47(45)39-19-16-33-28-50(48,49)29-37-22-32(17-20-40(37)42(33)27-39)36-24-34(30-10-4-2-5-11-30)23-35(25-36)31-12-6-3-7-13-31/h2-27H,28-29H2. The van der Waals surface area contributed by atoms with Crippen LogP contribution in [0.25, 0.3) is 76.8 Å². The Bertz CT molecular complexity index is 2720. The highest BCUT2D eigenvalue weighted by molar-refractivity contribution is 7.89. The van der Waals surface area contributed by atoms with Gasteiger partial charge < -0.3 is 4.57 Å². The summed E-state index contributed by atoms with van der Waals surface area (Å²) in [4.78, 5) is 3.67. The van der Waals surface area contributed by atoms with E-state index in [4.69, 9.17) is 6.57 Å². The minimum atomic E-state index is -3.43. The molecule has 8 aromatic rings. The van der Waals surface area contributed by atoms with Crippen molar-refractivity contribution in [1.82, 2.24) is 4.57 Å². The van der Waals surface area contributed by atoms with Gasteiger partial charge in [0.15, 0.2) is 15.5 Å². The van der Waals surface area contributed by atoms with E-state index in [1.807, 2.05) is 78.9 Å². The summed E-state index contributed by atoms with van der Waals surface area (Å²) in [6.07, 6.45) is 0. The Hall–Kier alpha value is -6.22. The molecule has 0 atom stereocenters. The Morgan fingerprint density at radius 3 is 1.80 bits per heavy atom. The molecule has 4 nitrogen and oxygen atoms in total. The molecule has 0 fully saturated rings. The molecule has 0 unspecified atom stereocenters. The number of benzene rings is 7. The van der Waals surface area contributed by atoms with Crippen molar-refractivity contribution in [3.63, 3.8) is 0 Å². The second-order valence-electron chi connectivity index (χ2n) is 12.9. The lowest BCUT2D eigenvalue weighted by Crippen LogP contribution is -2.05. The first-order chi connectivity index (χ1) is 24.4. The van der Waals surface area contributed by atoms with Gasteiger partial charge in [0, 0.05) is 11.1 Å². The largest absolute Gasteiger partial charge is 0.309 e. The van der Waals surface area contributed by atoms with E-state index in [0.717, 1.165) is 83.1 Å². The van der Waals surface area contributed by atoms with Crippen molar-refractivity contribution in [2.75, 3.05) is 0 Å². The average Bonchev–Trinajstić information content (AvgIpc) is 3.43. The molecule has 0 saturated carbocycles. The Morgan fingerprint density at radius 1 is 0.480 bits per heavy atom. The molecule has 0 bridgehead atoms. The van der Waals surface area contributed by atoms with Crippen LogP contribution in [0.5, 0.6) is 0 Å². The molecule has 238 valence electrons. The fourth-order valence-corrected chi connectivity index (χ4v) is 9.00.